The first-order valence-corrected chi connectivity index (χ1v) is 6.89. The zero-order valence-electron chi connectivity index (χ0n) is 11.8. The van der Waals surface area contributed by atoms with Gasteiger partial charge >= 0.3 is 0 Å². The lowest BCUT2D eigenvalue weighted by Gasteiger charge is -2.10. The second-order valence-electron chi connectivity index (χ2n) is 4.99. The molecule has 0 spiro atoms. The first-order chi connectivity index (χ1) is 9.56. The van der Waals surface area contributed by atoms with Crippen molar-refractivity contribution in [3.05, 3.63) is 40.2 Å². The summed E-state index contributed by atoms with van der Waals surface area (Å²) in [6, 6.07) is 5.86. The molecular weight excluding hydrogens is 276 g/mol. The number of halogens is 1. The third kappa shape index (κ3) is 2.20. The van der Waals surface area contributed by atoms with Gasteiger partial charge in [0.2, 0.25) is 6.79 Å². The molecule has 0 saturated heterocycles. The number of aryl methyl sites for hydroxylation is 1. The van der Waals surface area contributed by atoms with E-state index in [0.717, 1.165) is 18.0 Å². The molecule has 0 saturated carbocycles. The Balaban J connectivity index is 1.80. The Morgan fingerprint density at radius 2 is 1.90 bits per heavy atom. The van der Waals surface area contributed by atoms with E-state index in [1.54, 1.807) is 6.07 Å². The van der Waals surface area contributed by atoms with E-state index in [9.17, 15) is 0 Å². The highest BCUT2D eigenvalue weighted by Gasteiger charge is 2.16. The van der Waals surface area contributed by atoms with Crippen molar-refractivity contribution in [3.8, 4) is 11.5 Å². The van der Waals surface area contributed by atoms with Crippen LogP contribution in [0.2, 0.25) is 5.02 Å². The van der Waals surface area contributed by atoms with Gasteiger partial charge in [-0.3, -0.25) is 0 Å². The zero-order valence-corrected chi connectivity index (χ0v) is 12.5. The molecule has 0 aliphatic carbocycles. The highest BCUT2D eigenvalue weighted by molar-refractivity contribution is 6.33. The van der Waals surface area contributed by atoms with Crippen LogP contribution in [0.3, 0.4) is 0 Å². The van der Waals surface area contributed by atoms with Gasteiger partial charge in [-0.05, 0) is 25.5 Å². The summed E-state index contributed by atoms with van der Waals surface area (Å²) in [7, 11) is 2.07. The monoisotopic (exact) mass is 292 g/mol. The quantitative estimate of drug-likeness (QED) is 0.938. The lowest BCUT2D eigenvalue weighted by atomic mass is 10.2. The van der Waals surface area contributed by atoms with Crippen LogP contribution >= 0.6 is 11.6 Å². The largest absolute Gasteiger partial charge is 0.454 e. The molecule has 0 atom stereocenters. The SMILES string of the molecule is Cc1cc(CNc2cc3c(cc2Cl)OCO3)c(C)n1C. The van der Waals surface area contributed by atoms with Gasteiger partial charge in [-0.25, -0.2) is 0 Å². The molecule has 2 heterocycles. The summed E-state index contributed by atoms with van der Waals surface area (Å²) in [5.74, 6) is 1.44. The standard InChI is InChI=1S/C15H17ClN2O2/c1-9-4-11(10(2)18(9)3)7-17-13-6-15-14(5-12(13)16)19-8-20-15/h4-6,17H,7-8H2,1-3H3. The zero-order chi connectivity index (χ0) is 14.3. The van der Waals surface area contributed by atoms with Crippen molar-refractivity contribution in [1.82, 2.24) is 4.57 Å². The smallest absolute Gasteiger partial charge is 0.231 e. The van der Waals surface area contributed by atoms with Crippen molar-refractivity contribution in [1.29, 1.82) is 0 Å². The molecule has 1 aromatic carbocycles. The summed E-state index contributed by atoms with van der Waals surface area (Å²) in [4.78, 5) is 0. The lowest BCUT2D eigenvalue weighted by Crippen LogP contribution is -2.02. The van der Waals surface area contributed by atoms with E-state index in [1.807, 2.05) is 6.07 Å². The van der Waals surface area contributed by atoms with Crippen LogP contribution in [-0.4, -0.2) is 11.4 Å². The summed E-state index contributed by atoms with van der Waals surface area (Å²) in [5, 5.41) is 4.00. The number of nitrogens with zero attached hydrogens (tertiary/aromatic N) is 1. The number of hydrogen-bond acceptors (Lipinski definition) is 3. The predicted octanol–water partition coefficient (Wildman–Crippen LogP) is 3.64. The highest BCUT2D eigenvalue weighted by Crippen LogP contribution is 2.39. The van der Waals surface area contributed by atoms with Crippen molar-refractivity contribution in [3.63, 3.8) is 0 Å². The van der Waals surface area contributed by atoms with Gasteiger partial charge in [0, 0.05) is 37.1 Å². The Morgan fingerprint density at radius 1 is 1.20 bits per heavy atom. The molecule has 0 radical (unpaired) electrons. The van der Waals surface area contributed by atoms with Gasteiger partial charge in [-0.15, -0.1) is 0 Å². The summed E-state index contributed by atoms with van der Waals surface area (Å²) >= 11 is 6.25. The van der Waals surface area contributed by atoms with E-state index in [2.05, 4.69) is 36.8 Å². The number of hydrogen-bond donors (Lipinski definition) is 1. The summed E-state index contributed by atoms with van der Waals surface area (Å²) < 4.78 is 12.8. The molecule has 4 nitrogen and oxygen atoms in total. The lowest BCUT2D eigenvalue weighted by molar-refractivity contribution is 0.174. The van der Waals surface area contributed by atoms with Crippen LogP contribution in [0.1, 0.15) is 17.0 Å². The third-order valence-electron chi connectivity index (χ3n) is 3.81. The van der Waals surface area contributed by atoms with Crippen LogP contribution in [0.25, 0.3) is 0 Å². The van der Waals surface area contributed by atoms with E-state index >= 15 is 0 Å². The summed E-state index contributed by atoms with van der Waals surface area (Å²) in [5.41, 5.74) is 4.62. The van der Waals surface area contributed by atoms with E-state index in [0.29, 0.717) is 10.8 Å². The van der Waals surface area contributed by atoms with Gasteiger partial charge in [0.25, 0.3) is 0 Å². The molecule has 0 bridgehead atoms. The number of benzene rings is 1. The van der Waals surface area contributed by atoms with Crippen molar-refractivity contribution >= 4 is 17.3 Å². The normalized spacial score (nSPS) is 12.8. The van der Waals surface area contributed by atoms with Crippen molar-refractivity contribution < 1.29 is 9.47 Å². The number of nitrogens with one attached hydrogen (secondary N) is 1. The molecule has 0 unspecified atom stereocenters. The van der Waals surface area contributed by atoms with E-state index < -0.39 is 0 Å². The molecule has 106 valence electrons. The van der Waals surface area contributed by atoms with Gasteiger partial charge in [-0.1, -0.05) is 11.6 Å². The molecule has 1 aliphatic heterocycles. The number of anilines is 1. The predicted molar refractivity (Wildman–Crippen MR) is 79.8 cm³/mol. The molecule has 0 amide bonds. The topological polar surface area (TPSA) is 35.4 Å². The highest BCUT2D eigenvalue weighted by atomic mass is 35.5. The minimum Gasteiger partial charge on any atom is -0.454 e. The Hall–Kier alpha value is -1.81. The third-order valence-corrected chi connectivity index (χ3v) is 4.12. The first-order valence-electron chi connectivity index (χ1n) is 6.51. The summed E-state index contributed by atoms with van der Waals surface area (Å²) in [6.45, 7) is 5.20. The van der Waals surface area contributed by atoms with Gasteiger partial charge in [0.1, 0.15) is 0 Å². The Kier molecular flexibility index (Phi) is 3.26. The molecule has 1 aliphatic rings. The molecule has 3 rings (SSSR count). The average Bonchev–Trinajstić information content (AvgIpc) is 2.96. The van der Waals surface area contributed by atoms with Gasteiger partial charge < -0.3 is 19.4 Å². The van der Waals surface area contributed by atoms with E-state index in [4.69, 9.17) is 21.1 Å². The Morgan fingerprint density at radius 3 is 2.55 bits per heavy atom. The second-order valence-corrected chi connectivity index (χ2v) is 5.40. The molecule has 1 aromatic heterocycles. The van der Waals surface area contributed by atoms with Crippen LogP contribution in [0.15, 0.2) is 18.2 Å². The maximum absolute atomic E-state index is 6.25. The molecule has 5 heteroatoms. The van der Waals surface area contributed by atoms with Crippen molar-refractivity contribution in [2.45, 2.75) is 20.4 Å². The van der Waals surface area contributed by atoms with Gasteiger partial charge in [0.15, 0.2) is 11.5 Å². The number of aromatic nitrogens is 1. The second kappa shape index (κ2) is 4.94. The van der Waals surface area contributed by atoms with Crippen LogP contribution in [0.5, 0.6) is 11.5 Å². The fraction of sp³-hybridized carbons (Fsp3) is 0.333. The van der Waals surface area contributed by atoms with Crippen LogP contribution in [0.4, 0.5) is 5.69 Å². The van der Waals surface area contributed by atoms with Crippen molar-refractivity contribution in [2.75, 3.05) is 12.1 Å². The van der Waals surface area contributed by atoms with Crippen LogP contribution in [0, 0.1) is 13.8 Å². The van der Waals surface area contributed by atoms with Gasteiger partial charge in [0.05, 0.1) is 10.7 Å². The molecule has 1 N–H and O–H groups in total. The number of fused-ring (bicyclic) bond motifs is 1. The molecule has 20 heavy (non-hydrogen) atoms. The van der Waals surface area contributed by atoms with E-state index in [-0.39, 0.29) is 6.79 Å². The molecular formula is C15H17ClN2O2. The fourth-order valence-corrected chi connectivity index (χ4v) is 2.58. The first kappa shape index (κ1) is 13.2. The maximum atomic E-state index is 6.25. The minimum absolute atomic E-state index is 0.256. The number of ether oxygens (including phenoxy) is 2. The fourth-order valence-electron chi connectivity index (χ4n) is 2.36. The summed E-state index contributed by atoms with van der Waals surface area (Å²) in [6.07, 6.45) is 0. The van der Waals surface area contributed by atoms with Crippen LogP contribution in [-0.2, 0) is 13.6 Å². The molecule has 0 fully saturated rings. The molecule has 2 aromatic rings. The van der Waals surface area contributed by atoms with E-state index in [1.165, 1.54) is 17.0 Å². The number of rotatable bonds is 3. The minimum atomic E-state index is 0.256. The average molecular weight is 293 g/mol. The van der Waals surface area contributed by atoms with Crippen molar-refractivity contribution in [2.24, 2.45) is 7.05 Å². The maximum Gasteiger partial charge on any atom is 0.231 e. The van der Waals surface area contributed by atoms with Gasteiger partial charge in [-0.2, -0.15) is 0 Å². The Bertz CT molecular complexity index is 664. The Labute approximate surface area is 123 Å². The van der Waals surface area contributed by atoms with Crippen LogP contribution < -0.4 is 14.8 Å².